The number of imide groups is 1. The third-order valence-electron chi connectivity index (χ3n) is 3.35. The Balaban J connectivity index is 0.00000180. The average molecular weight is 291 g/mol. The van der Waals surface area contributed by atoms with E-state index in [1.54, 1.807) is 11.9 Å². The number of hydrogen-bond donors (Lipinski definition) is 1. The number of nitrogens with zero attached hydrogens (tertiary/aromatic N) is 3. The Morgan fingerprint density at radius 1 is 1.42 bits per heavy atom. The lowest BCUT2D eigenvalue weighted by atomic mass is 10.2. The van der Waals surface area contributed by atoms with Crippen LogP contribution in [0.2, 0.25) is 0 Å². The zero-order valence-electron chi connectivity index (χ0n) is 11.1. The van der Waals surface area contributed by atoms with Crippen LogP contribution in [0, 0.1) is 0 Å². The molecule has 2 fully saturated rings. The van der Waals surface area contributed by atoms with Crippen molar-refractivity contribution in [1.29, 1.82) is 0 Å². The van der Waals surface area contributed by atoms with Crippen LogP contribution in [0.4, 0.5) is 4.79 Å². The zero-order chi connectivity index (χ0) is 13.3. The summed E-state index contributed by atoms with van der Waals surface area (Å²) in [5, 5.41) is 3.19. The summed E-state index contributed by atoms with van der Waals surface area (Å²) in [4.78, 5) is 39.4. The Morgan fingerprint density at radius 3 is 2.63 bits per heavy atom. The summed E-state index contributed by atoms with van der Waals surface area (Å²) in [5.41, 5.74) is 0. The van der Waals surface area contributed by atoms with Crippen LogP contribution in [0.5, 0.6) is 0 Å². The normalized spacial score (nSPS) is 23.7. The number of rotatable bonds is 2. The molecule has 0 aromatic carbocycles. The predicted molar refractivity (Wildman–Crippen MR) is 71.0 cm³/mol. The SMILES string of the molecule is C[C@H]1CNCCN1C(=O)CN1C(=O)CN(C)C1=O.Cl. The molecule has 0 aliphatic carbocycles. The van der Waals surface area contributed by atoms with E-state index in [1.807, 2.05) is 6.92 Å². The Bertz CT molecular complexity index is 390. The molecule has 0 spiro atoms. The average Bonchev–Trinajstić information content (AvgIpc) is 2.56. The molecule has 7 nitrogen and oxygen atoms in total. The molecule has 108 valence electrons. The number of urea groups is 1. The fraction of sp³-hybridized carbons (Fsp3) is 0.727. The second kappa shape index (κ2) is 6.21. The maximum atomic E-state index is 12.1. The highest BCUT2D eigenvalue weighted by molar-refractivity contribution is 6.04. The summed E-state index contributed by atoms with van der Waals surface area (Å²) in [7, 11) is 1.55. The highest BCUT2D eigenvalue weighted by Gasteiger charge is 2.36. The van der Waals surface area contributed by atoms with E-state index in [-0.39, 0.29) is 43.4 Å². The van der Waals surface area contributed by atoms with Gasteiger partial charge in [-0.05, 0) is 6.92 Å². The largest absolute Gasteiger partial charge is 0.336 e. The lowest BCUT2D eigenvalue weighted by Gasteiger charge is -2.34. The number of carbonyl (C=O) groups is 3. The molecule has 0 saturated carbocycles. The molecule has 4 amide bonds. The van der Waals surface area contributed by atoms with E-state index in [0.717, 1.165) is 18.0 Å². The van der Waals surface area contributed by atoms with Crippen molar-refractivity contribution in [2.75, 3.05) is 39.8 Å². The molecular weight excluding hydrogens is 272 g/mol. The minimum Gasteiger partial charge on any atom is -0.336 e. The Kier molecular flexibility index (Phi) is 5.13. The van der Waals surface area contributed by atoms with Crippen molar-refractivity contribution in [1.82, 2.24) is 20.0 Å². The molecule has 0 radical (unpaired) electrons. The highest BCUT2D eigenvalue weighted by atomic mass is 35.5. The lowest BCUT2D eigenvalue weighted by molar-refractivity contribution is -0.138. The van der Waals surface area contributed by atoms with Gasteiger partial charge in [0.05, 0.1) is 0 Å². The Labute approximate surface area is 118 Å². The molecule has 2 aliphatic rings. The van der Waals surface area contributed by atoms with Gasteiger partial charge in [0, 0.05) is 32.7 Å². The van der Waals surface area contributed by atoms with Gasteiger partial charge in [-0.15, -0.1) is 12.4 Å². The van der Waals surface area contributed by atoms with Crippen LogP contribution < -0.4 is 5.32 Å². The van der Waals surface area contributed by atoms with E-state index in [4.69, 9.17) is 0 Å². The monoisotopic (exact) mass is 290 g/mol. The van der Waals surface area contributed by atoms with E-state index in [0.29, 0.717) is 6.54 Å². The van der Waals surface area contributed by atoms with Crippen molar-refractivity contribution >= 4 is 30.3 Å². The molecule has 1 N–H and O–H groups in total. The second-order valence-corrected chi connectivity index (χ2v) is 4.76. The number of carbonyl (C=O) groups excluding carboxylic acids is 3. The van der Waals surface area contributed by atoms with Crippen LogP contribution in [0.25, 0.3) is 0 Å². The van der Waals surface area contributed by atoms with Crippen molar-refractivity contribution in [3.8, 4) is 0 Å². The van der Waals surface area contributed by atoms with Crippen LogP contribution in [0.15, 0.2) is 0 Å². The molecule has 0 bridgehead atoms. The molecule has 0 aromatic rings. The number of likely N-dealkylation sites (N-methyl/N-ethyl adjacent to an activating group) is 1. The third-order valence-corrected chi connectivity index (χ3v) is 3.35. The molecule has 19 heavy (non-hydrogen) atoms. The van der Waals surface area contributed by atoms with Gasteiger partial charge < -0.3 is 15.1 Å². The first-order chi connectivity index (χ1) is 8.50. The molecule has 2 saturated heterocycles. The molecule has 0 unspecified atom stereocenters. The molecule has 2 heterocycles. The van der Waals surface area contributed by atoms with E-state index in [1.165, 1.54) is 4.90 Å². The van der Waals surface area contributed by atoms with Gasteiger partial charge in [-0.1, -0.05) is 0 Å². The minimum atomic E-state index is -0.392. The number of halogens is 1. The topological polar surface area (TPSA) is 73.0 Å². The molecule has 1 atom stereocenters. The van der Waals surface area contributed by atoms with Crippen LogP contribution >= 0.6 is 12.4 Å². The lowest BCUT2D eigenvalue weighted by Crippen LogP contribution is -2.55. The van der Waals surface area contributed by atoms with E-state index in [2.05, 4.69) is 5.32 Å². The second-order valence-electron chi connectivity index (χ2n) is 4.76. The number of nitrogens with one attached hydrogen (secondary N) is 1. The molecule has 2 aliphatic heterocycles. The fourth-order valence-corrected chi connectivity index (χ4v) is 2.26. The quantitative estimate of drug-likeness (QED) is 0.671. The van der Waals surface area contributed by atoms with Crippen molar-refractivity contribution in [3.63, 3.8) is 0 Å². The summed E-state index contributed by atoms with van der Waals surface area (Å²) >= 11 is 0. The maximum Gasteiger partial charge on any atom is 0.327 e. The molecule has 0 aromatic heterocycles. The standard InChI is InChI=1S/C11H18N4O3.ClH/c1-8-5-12-3-4-14(8)10(17)7-15-9(16)6-13(2)11(15)18;/h8,12H,3-7H2,1-2H3;1H/t8-;/m0./s1. The van der Waals surface area contributed by atoms with Crippen LogP contribution in [0.3, 0.4) is 0 Å². The summed E-state index contributed by atoms with van der Waals surface area (Å²) in [5.74, 6) is -0.473. The summed E-state index contributed by atoms with van der Waals surface area (Å²) < 4.78 is 0. The van der Waals surface area contributed by atoms with Gasteiger partial charge in [0.2, 0.25) is 5.91 Å². The van der Waals surface area contributed by atoms with Crippen molar-refractivity contribution in [3.05, 3.63) is 0 Å². The summed E-state index contributed by atoms with van der Waals surface area (Å²) in [6.45, 7) is 3.97. The van der Waals surface area contributed by atoms with Gasteiger partial charge in [-0.3, -0.25) is 14.5 Å². The zero-order valence-corrected chi connectivity index (χ0v) is 11.9. The third kappa shape index (κ3) is 3.16. The Hall–Kier alpha value is -1.34. The first-order valence-corrected chi connectivity index (χ1v) is 6.06. The smallest absolute Gasteiger partial charge is 0.327 e. The molecule has 8 heteroatoms. The van der Waals surface area contributed by atoms with Crippen molar-refractivity contribution in [2.45, 2.75) is 13.0 Å². The fourth-order valence-electron chi connectivity index (χ4n) is 2.26. The molecule has 2 rings (SSSR count). The van der Waals surface area contributed by atoms with E-state index in [9.17, 15) is 14.4 Å². The minimum absolute atomic E-state index is 0. The van der Waals surface area contributed by atoms with Gasteiger partial charge in [0.15, 0.2) is 0 Å². The number of piperazine rings is 1. The van der Waals surface area contributed by atoms with Gasteiger partial charge in [0.25, 0.3) is 5.91 Å². The molecular formula is C11H19ClN4O3. The van der Waals surface area contributed by atoms with Gasteiger partial charge in [0.1, 0.15) is 13.1 Å². The van der Waals surface area contributed by atoms with Crippen LogP contribution in [-0.4, -0.2) is 78.4 Å². The highest BCUT2D eigenvalue weighted by Crippen LogP contribution is 2.10. The summed E-state index contributed by atoms with van der Waals surface area (Å²) in [6, 6.07) is -0.298. The van der Waals surface area contributed by atoms with E-state index >= 15 is 0 Å². The number of hydrogen-bond acceptors (Lipinski definition) is 4. The van der Waals surface area contributed by atoms with Gasteiger partial charge in [-0.2, -0.15) is 0 Å². The van der Waals surface area contributed by atoms with Crippen LogP contribution in [0.1, 0.15) is 6.92 Å². The number of amides is 4. The van der Waals surface area contributed by atoms with Gasteiger partial charge >= 0.3 is 6.03 Å². The maximum absolute atomic E-state index is 12.1. The van der Waals surface area contributed by atoms with Crippen molar-refractivity contribution in [2.24, 2.45) is 0 Å². The summed E-state index contributed by atoms with van der Waals surface area (Å²) in [6.07, 6.45) is 0. The van der Waals surface area contributed by atoms with E-state index < -0.39 is 6.03 Å². The van der Waals surface area contributed by atoms with Crippen LogP contribution in [-0.2, 0) is 9.59 Å². The Morgan fingerprint density at radius 2 is 2.11 bits per heavy atom. The first kappa shape index (κ1) is 15.7. The van der Waals surface area contributed by atoms with Gasteiger partial charge in [-0.25, -0.2) is 4.79 Å². The first-order valence-electron chi connectivity index (χ1n) is 6.06. The predicted octanol–water partition coefficient (Wildman–Crippen LogP) is -0.877. The van der Waals surface area contributed by atoms with Crippen molar-refractivity contribution < 1.29 is 14.4 Å².